The lowest BCUT2D eigenvalue weighted by molar-refractivity contribution is -0.139. The van der Waals surface area contributed by atoms with E-state index in [-0.39, 0.29) is 6.04 Å². The van der Waals surface area contributed by atoms with E-state index in [0.717, 1.165) is 38.9 Å². The first-order valence-electron chi connectivity index (χ1n) is 13.2. The van der Waals surface area contributed by atoms with E-state index >= 15 is 0 Å². The molecule has 4 heteroatoms. The van der Waals surface area contributed by atoms with Gasteiger partial charge in [0.05, 0.1) is 10.8 Å². The molecule has 0 spiro atoms. The molecule has 0 heterocycles. The van der Waals surface area contributed by atoms with E-state index in [2.05, 4.69) is 102 Å². The highest BCUT2D eigenvalue weighted by atomic mass is 32.2. The van der Waals surface area contributed by atoms with Gasteiger partial charge in [0.25, 0.3) is 0 Å². The van der Waals surface area contributed by atoms with Gasteiger partial charge in [0.1, 0.15) is 6.04 Å². The van der Waals surface area contributed by atoms with Gasteiger partial charge in [-0.25, -0.2) is 0 Å². The summed E-state index contributed by atoms with van der Waals surface area (Å²) in [6.45, 7) is 0. The summed E-state index contributed by atoms with van der Waals surface area (Å²) in [7, 11) is 0. The number of hydrogen-bond acceptors (Lipinski definition) is 3. The van der Waals surface area contributed by atoms with Gasteiger partial charge in [0.2, 0.25) is 0 Å². The maximum Gasteiger partial charge on any atom is 0.321 e. The lowest BCUT2D eigenvalue weighted by atomic mass is 9.84. The van der Waals surface area contributed by atoms with Crippen molar-refractivity contribution in [2.24, 2.45) is 0 Å². The first-order valence-corrected chi connectivity index (χ1v) is 14.1. The van der Waals surface area contributed by atoms with Crippen LogP contribution in [-0.2, 0) is 9.54 Å². The minimum Gasteiger partial charge on any atom is -0.480 e. The number of aliphatic carboxylic acids is 1. The fraction of sp³-hybridized carbons (Fsp3) is 0.114. The first kappa shape index (κ1) is 25.2. The van der Waals surface area contributed by atoms with E-state index in [4.69, 9.17) is 0 Å². The van der Waals surface area contributed by atoms with Crippen molar-refractivity contribution in [3.05, 3.63) is 167 Å². The summed E-state index contributed by atoms with van der Waals surface area (Å²) in [5, 5.41) is 14.0. The molecule has 192 valence electrons. The van der Waals surface area contributed by atoms with Crippen molar-refractivity contribution in [3.8, 4) is 11.1 Å². The van der Waals surface area contributed by atoms with Gasteiger partial charge in [0.15, 0.2) is 0 Å². The Hall–Kier alpha value is -4.12. The van der Waals surface area contributed by atoms with E-state index in [1.54, 1.807) is 11.8 Å². The van der Waals surface area contributed by atoms with Crippen LogP contribution in [0.1, 0.15) is 33.9 Å². The molecule has 6 rings (SSSR count). The van der Waals surface area contributed by atoms with Crippen LogP contribution in [0.15, 0.2) is 140 Å². The largest absolute Gasteiger partial charge is 0.480 e. The molecule has 5 aromatic rings. The van der Waals surface area contributed by atoms with E-state index < -0.39 is 16.8 Å². The summed E-state index contributed by atoms with van der Waals surface area (Å²) >= 11 is 1.67. The van der Waals surface area contributed by atoms with Crippen LogP contribution in [0.3, 0.4) is 0 Å². The average Bonchev–Trinajstić information content (AvgIpc) is 3.32. The standard InChI is InChI=1S/C35H29NO2S/c37-34(38)32(36-33-30-22-12-10-20-28(30)29-21-11-13-23-31(29)33)24-39-35(25-14-4-1-5-15-25,26-16-6-2-7-17-26)27-18-8-3-9-19-27/h1-23,32-33,36H,24H2,(H,37,38)/t32-/m0/s1. The van der Waals surface area contributed by atoms with Gasteiger partial charge in [-0.3, -0.25) is 10.1 Å². The Bertz CT molecular complexity index is 1430. The molecular formula is C35H29NO2S. The third-order valence-corrected chi connectivity index (χ3v) is 9.15. The van der Waals surface area contributed by atoms with Crippen LogP contribution in [-0.4, -0.2) is 22.9 Å². The Morgan fingerprint density at radius 2 is 1.03 bits per heavy atom. The molecule has 0 saturated heterocycles. The minimum atomic E-state index is -0.854. The Morgan fingerprint density at radius 1 is 0.641 bits per heavy atom. The van der Waals surface area contributed by atoms with Gasteiger partial charge in [0, 0.05) is 5.75 Å². The molecule has 39 heavy (non-hydrogen) atoms. The number of carbonyl (C=O) groups is 1. The SMILES string of the molecule is O=C(O)[C@H](CSC(c1ccccc1)(c1ccccc1)c1ccccc1)NC1c2ccccc2-c2ccccc21. The number of nitrogens with one attached hydrogen (secondary N) is 1. The quantitative estimate of drug-likeness (QED) is 0.195. The van der Waals surface area contributed by atoms with E-state index in [9.17, 15) is 9.90 Å². The van der Waals surface area contributed by atoms with E-state index in [1.165, 1.54) is 0 Å². The second-order valence-electron chi connectivity index (χ2n) is 9.76. The average molecular weight is 528 g/mol. The van der Waals surface area contributed by atoms with Crippen LogP contribution in [0.2, 0.25) is 0 Å². The highest BCUT2D eigenvalue weighted by molar-refractivity contribution is 8.00. The number of carboxylic acids is 1. The zero-order chi connectivity index (χ0) is 26.7. The fourth-order valence-electron chi connectivity index (χ4n) is 5.70. The maximum absolute atomic E-state index is 12.8. The van der Waals surface area contributed by atoms with Crippen molar-refractivity contribution in [2.75, 3.05) is 5.75 Å². The monoisotopic (exact) mass is 527 g/mol. The number of fused-ring (bicyclic) bond motifs is 3. The van der Waals surface area contributed by atoms with Crippen LogP contribution in [0, 0.1) is 0 Å². The van der Waals surface area contributed by atoms with Crippen LogP contribution in [0.4, 0.5) is 0 Å². The minimum absolute atomic E-state index is 0.182. The third-order valence-electron chi connectivity index (χ3n) is 7.51. The van der Waals surface area contributed by atoms with Crippen LogP contribution < -0.4 is 5.32 Å². The second-order valence-corrected chi connectivity index (χ2v) is 11.0. The summed E-state index contributed by atoms with van der Waals surface area (Å²) < 4.78 is -0.579. The van der Waals surface area contributed by atoms with Crippen LogP contribution in [0.25, 0.3) is 11.1 Å². The molecule has 0 fully saturated rings. The van der Waals surface area contributed by atoms with Gasteiger partial charge in [-0.2, -0.15) is 0 Å². The fourth-order valence-corrected chi connectivity index (χ4v) is 7.27. The molecule has 0 amide bonds. The Balaban J connectivity index is 1.40. The van der Waals surface area contributed by atoms with Crippen molar-refractivity contribution < 1.29 is 9.90 Å². The van der Waals surface area contributed by atoms with E-state index in [1.807, 2.05) is 42.5 Å². The summed E-state index contributed by atoms with van der Waals surface area (Å²) in [4.78, 5) is 12.8. The molecule has 3 nitrogen and oxygen atoms in total. The predicted octanol–water partition coefficient (Wildman–Crippen LogP) is 7.52. The lowest BCUT2D eigenvalue weighted by Crippen LogP contribution is -2.42. The summed E-state index contributed by atoms with van der Waals surface area (Å²) in [5.41, 5.74) is 7.92. The van der Waals surface area contributed by atoms with Crippen molar-refractivity contribution in [2.45, 2.75) is 16.8 Å². The third kappa shape index (κ3) is 4.67. The van der Waals surface area contributed by atoms with Crippen molar-refractivity contribution in [3.63, 3.8) is 0 Å². The smallest absolute Gasteiger partial charge is 0.321 e. The van der Waals surface area contributed by atoms with Gasteiger partial charge in [-0.1, -0.05) is 140 Å². The molecular weight excluding hydrogens is 498 g/mol. The topological polar surface area (TPSA) is 49.3 Å². The zero-order valence-corrected chi connectivity index (χ0v) is 22.2. The number of rotatable bonds is 9. The van der Waals surface area contributed by atoms with E-state index in [0.29, 0.717) is 5.75 Å². The Morgan fingerprint density at radius 3 is 1.44 bits per heavy atom. The second kappa shape index (κ2) is 10.9. The molecule has 1 atom stereocenters. The Kier molecular flexibility index (Phi) is 7.06. The predicted molar refractivity (Wildman–Crippen MR) is 160 cm³/mol. The molecule has 0 aliphatic heterocycles. The molecule has 0 aromatic heterocycles. The highest BCUT2D eigenvalue weighted by Crippen LogP contribution is 2.49. The lowest BCUT2D eigenvalue weighted by Gasteiger charge is -2.36. The van der Waals surface area contributed by atoms with Gasteiger partial charge in [-0.15, -0.1) is 11.8 Å². The maximum atomic E-state index is 12.8. The number of carboxylic acid groups (broad SMARTS) is 1. The molecule has 1 aliphatic rings. The van der Waals surface area contributed by atoms with Crippen LogP contribution >= 0.6 is 11.8 Å². The molecule has 1 aliphatic carbocycles. The molecule has 0 radical (unpaired) electrons. The van der Waals surface area contributed by atoms with Crippen molar-refractivity contribution in [1.29, 1.82) is 0 Å². The highest BCUT2D eigenvalue weighted by Gasteiger charge is 2.39. The normalized spacial score (nSPS) is 13.4. The van der Waals surface area contributed by atoms with Gasteiger partial charge < -0.3 is 5.11 Å². The van der Waals surface area contributed by atoms with Crippen molar-refractivity contribution in [1.82, 2.24) is 5.32 Å². The number of thioether (sulfide) groups is 1. The molecule has 0 saturated carbocycles. The first-order chi connectivity index (χ1) is 19.2. The molecule has 2 N–H and O–H groups in total. The number of benzene rings is 5. The van der Waals surface area contributed by atoms with Gasteiger partial charge >= 0.3 is 5.97 Å². The number of hydrogen-bond donors (Lipinski definition) is 2. The molecule has 5 aromatic carbocycles. The summed E-state index contributed by atoms with van der Waals surface area (Å²) in [6.07, 6.45) is 0. The zero-order valence-electron chi connectivity index (χ0n) is 21.4. The van der Waals surface area contributed by atoms with Gasteiger partial charge in [-0.05, 0) is 38.9 Å². The molecule has 0 bridgehead atoms. The summed E-state index contributed by atoms with van der Waals surface area (Å²) in [5.74, 6) is -0.484. The summed E-state index contributed by atoms with van der Waals surface area (Å²) in [6, 6.07) is 46.8. The Labute approximate surface area is 233 Å². The van der Waals surface area contributed by atoms with Crippen molar-refractivity contribution >= 4 is 17.7 Å². The molecule has 0 unspecified atom stereocenters. The van der Waals surface area contributed by atoms with Crippen LogP contribution in [0.5, 0.6) is 0 Å².